The van der Waals surface area contributed by atoms with Crippen LogP contribution in [-0.4, -0.2) is 20.9 Å². The van der Waals surface area contributed by atoms with E-state index in [2.05, 4.69) is 5.10 Å². The molecule has 0 saturated heterocycles. The van der Waals surface area contributed by atoms with E-state index in [1.807, 2.05) is 0 Å². The van der Waals surface area contributed by atoms with Crippen molar-refractivity contribution < 1.29 is 23.1 Å². The van der Waals surface area contributed by atoms with Gasteiger partial charge in [0.25, 0.3) is 0 Å². The highest BCUT2D eigenvalue weighted by molar-refractivity contribution is 6.30. The molecule has 0 saturated carbocycles. The van der Waals surface area contributed by atoms with E-state index in [9.17, 15) is 23.1 Å². The van der Waals surface area contributed by atoms with Crippen LogP contribution < -0.4 is 0 Å². The lowest BCUT2D eigenvalue weighted by Gasteiger charge is -2.07. The van der Waals surface area contributed by atoms with Gasteiger partial charge in [-0.25, -0.2) is 9.48 Å². The number of hydrogen-bond donors (Lipinski definition) is 1. The molecule has 3 aromatic rings. The molecule has 140 valence electrons. The summed E-state index contributed by atoms with van der Waals surface area (Å²) in [6, 6.07) is 11.0. The van der Waals surface area contributed by atoms with Gasteiger partial charge in [-0.3, -0.25) is 0 Å². The second kappa shape index (κ2) is 7.08. The summed E-state index contributed by atoms with van der Waals surface area (Å²) >= 11 is 5.89. The number of alkyl halides is 3. The molecule has 8 heteroatoms. The Morgan fingerprint density at radius 1 is 1.11 bits per heavy atom. The lowest BCUT2D eigenvalue weighted by Crippen LogP contribution is -2.06. The van der Waals surface area contributed by atoms with Crippen LogP contribution in [0.5, 0.6) is 0 Å². The van der Waals surface area contributed by atoms with Gasteiger partial charge in [0.15, 0.2) is 0 Å². The van der Waals surface area contributed by atoms with E-state index in [0.29, 0.717) is 28.4 Å². The number of carbonyl (C=O) groups is 1. The van der Waals surface area contributed by atoms with Gasteiger partial charge < -0.3 is 5.11 Å². The van der Waals surface area contributed by atoms with Crippen LogP contribution in [0, 0.1) is 0 Å². The van der Waals surface area contributed by atoms with Gasteiger partial charge in [-0.2, -0.15) is 18.3 Å². The smallest absolute Gasteiger partial charge is 0.416 e. The van der Waals surface area contributed by atoms with E-state index >= 15 is 0 Å². The summed E-state index contributed by atoms with van der Waals surface area (Å²) in [6.45, 7) is 1.78. The van der Waals surface area contributed by atoms with Crippen molar-refractivity contribution >= 4 is 17.6 Å². The standard InChI is InChI=1S/C19H14ClF3N2O2/c1-2-15-16(18(26)27)17(11-3-5-12(6-4-11)19(21,22)23)24-25(15)14-9-7-13(20)8-10-14/h3-10H,2H2,1H3,(H,26,27). The fourth-order valence-corrected chi connectivity index (χ4v) is 2.95. The van der Waals surface area contributed by atoms with Gasteiger partial charge >= 0.3 is 12.1 Å². The second-order valence-corrected chi connectivity index (χ2v) is 6.23. The van der Waals surface area contributed by atoms with Gasteiger partial charge in [-0.15, -0.1) is 0 Å². The maximum Gasteiger partial charge on any atom is 0.416 e. The Hall–Kier alpha value is -2.80. The van der Waals surface area contributed by atoms with Gasteiger partial charge in [0.1, 0.15) is 11.3 Å². The number of aromatic nitrogens is 2. The average molecular weight is 395 g/mol. The number of rotatable bonds is 4. The van der Waals surface area contributed by atoms with Gasteiger partial charge in [-0.1, -0.05) is 30.7 Å². The molecule has 0 spiro atoms. The molecule has 0 aliphatic rings. The van der Waals surface area contributed by atoms with Crippen LogP contribution in [0.1, 0.15) is 28.5 Å². The molecule has 3 rings (SSSR count). The number of carboxylic acid groups (broad SMARTS) is 1. The van der Waals surface area contributed by atoms with Crippen molar-refractivity contribution in [2.24, 2.45) is 0 Å². The zero-order valence-electron chi connectivity index (χ0n) is 14.1. The Morgan fingerprint density at radius 3 is 2.19 bits per heavy atom. The first-order chi connectivity index (χ1) is 12.7. The first kappa shape index (κ1) is 19.0. The fraction of sp³-hybridized carbons (Fsp3) is 0.158. The Kier molecular flexibility index (Phi) is 4.97. The topological polar surface area (TPSA) is 55.1 Å². The normalized spacial score (nSPS) is 11.6. The van der Waals surface area contributed by atoms with Crippen molar-refractivity contribution in [1.82, 2.24) is 9.78 Å². The number of benzene rings is 2. The van der Waals surface area contributed by atoms with Crippen molar-refractivity contribution in [3.8, 4) is 16.9 Å². The van der Waals surface area contributed by atoms with Crippen molar-refractivity contribution in [3.05, 3.63) is 70.4 Å². The molecular weight excluding hydrogens is 381 g/mol. The maximum atomic E-state index is 12.8. The predicted octanol–water partition coefficient (Wildman–Crippen LogP) is 5.47. The second-order valence-electron chi connectivity index (χ2n) is 5.79. The van der Waals surface area contributed by atoms with Crippen LogP contribution >= 0.6 is 11.6 Å². The van der Waals surface area contributed by atoms with Crippen LogP contribution in [0.25, 0.3) is 16.9 Å². The molecule has 0 atom stereocenters. The van der Waals surface area contributed by atoms with Crippen molar-refractivity contribution in [3.63, 3.8) is 0 Å². The van der Waals surface area contributed by atoms with Crippen LogP contribution in [0.2, 0.25) is 5.02 Å². The zero-order valence-corrected chi connectivity index (χ0v) is 14.8. The third kappa shape index (κ3) is 3.68. The van der Waals surface area contributed by atoms with Crippen molar-refractivity contribution in [2.45, 2.75) is 19.5 Å². The molecule has 0 aliphatic heterocycles. The van der Waals surface area contributed by atoms with Crippen LogP contribution in [0.4, 0.5) is 13.2 Å². The summed E-state index contributed by atoms with van der Waals surface area (Å²) in [5.41, 5.74) is 0.616. The number of aromatic carboxylic acids is 1. The molecule has 1 heterocycles. The molecular formula is C19H14ClF3N2O2. The number of hydrogen-bond acceptors (Lipinski definition) is 2. The minimum Gasteiger partial charge on any atom is -0.478 e. The van der Waals surface area contributed by atoms with Crippen LogP contribution in [-0.2, 0) is 12.6 Å². The van der Waals surface area contributed by atoms with E-state index < -0.39 is 17.7 Å². The number of nitrogens with zero attached hydrogens (tertiary/aromatic N) is 2. The van der Waals surface area contributed by atoms with Crippen molar-refractivity contribution in [1.29, 1.82) is 0 Å². The molecule has 0 amide bonds. The molecule has 2 aromatic carbocycles. The van der Waals surface area contributed by atoms with E-state index in [1.165, 1.54) is 16.8 Å². The molecule has 0 bridgehead atoms. The zero-order chi connectivity index (χ0) is 19.8. The lowest BCUT2D eigenvalue weighted by molar-refractivity contribution is -0.137. The van der Waals surface area contributed by atoms with E-state index in [1.54, 1.807) is 31.2 Å². The highest BCUT2D eigenvalue weighted by atomic mass is 35.5. The molecule has 1 N–H and O–H groups in total. The molecule has 0 unspecified atom stereocenters. The van der Waals surface area contributed by atoms with Gasteiger partial charge in [0.05, 0.1) is 16.9 Å². The SMILES string of the molecule is CCc1c(C(=O)O)c(-c2ccc(C(F)(F)F)cc2)nn1-c1ccc(Cl)cc1. The summed E-state index contributed by atoms with van der Waals surface area (Å²) in [7, 11) is 0. The third-order valence-electron chi connectivity index (χ3n) is 4.09. The fourth-order valence-electron chi connectivity index (χ4n) is 2.82. The molecule has 1 aromatic heterocycles. The minimum absolute atomic E-state index is 0.0350. The van der Waals surface area contributed by atoms with E-state index in [-0.39, 0.29) is 11.3 Å². The van der Waals surface area contributed by atoms with Gasteiger partial charge in [0.2, 0.25) is 0 Å². The Bertz CT molecular complexity index is 978. The van der Waals surface area contributed by atoms with Crippen LogP contribution in [0.15, 0.2) is 48.5 Å². The first-order valence-electron chi connectivity index (χ1n) is 8.01. The summed E-state index contributed by atoms with van der Waals surface area (Å²) in [6.07, 6.45) is -4.09. The predicted molar refractivity (Wildman–Crippen MR) is 95.3 cm³/mol. The minimum atomic E-state index is -4.47. The molecule has 0 fully saturated rings. The lowest BCUT2D eigenvalue weighted by atomic mass is 10.0. The number of halogens is 4. The summed E-state index contributed by atoms with van der Waals surface area (Å²) in [4.78, 5) is 11.8. The molecule has 0 radical (unpaired) electrons. The summed E-state index contributed by atoms with van der Waals surface area (Å²) < 4.78 is 39.8. The quantitative estimate of drug-likeness (QED) is 0.638. The Morgan fingerprint density at radius 2 is 1.70 bits per heavy atom. The van der Waals surface area contributed by atoms with Crippen molar-refractivity contribution in [2.75, 3.05) is 0 Å². The Labute approximate surface area is 157 Å². The highest BCUT2D eigenvalue weighted by Crippen LogP contribution is 2.33. The van der Waals surface area contributed by atoms with Gasteiger partial charge in [-0.05, 0) is 42.8 Å². The monoisotopic (exact) mass is 394 g/mol. The van der Waals surface area contributed by atoms with Gasteiger partial charge in [0, 0.05) is 10.6 Å². The maximum absolute atomic E-state index is 12.8. The Balaban J connectivity index is 2.18. The molecule has 0 aliphatic carbocycles. The van der Waals surface area contributed by atoms with E-state index in [0.717, 1.165) is 12.1 Å². The number of carboxylic acids is 1. The summed E-state index contributed by atoms with van der Waals surface area (Å²) in [5, 5.41) is 14.6. The molecule has 4 nitrogen and oxygen atoms in total. The third-order valence-corrected chi connectivity index (χ3v) is 4.34. The van der Waals surface area contributed by atoms with E-state index in [4.69, 9.17) is 11.6 Å². The highest BCUT2D eigenvalue weighted by Gasteiger charge is 2.31. The molecule has 27 heavy (non-hydrogen) atoms. The first-order valence-corrected chi connectivity index (χ1v) is 8.39. The average Bonchev–Trinajstić information content (AvgIpc) is 3.01. The van der Waals surface area contributed by atoms with Crippen LogP contribution in [0.3, 0.4) is 0 Å². The largest absolute Gasteiger partial charge is 0.478 e. The summed E-state index contributed by atoms with van der Waals surface area (Å²) in [5.74, 6) is -1.19.